The molecule has 0 bridgehead atoms. The van der Waals surface area contributed by atoms with Crippen LogP contribution >= 0.6 is 15.9 Å². The molecule has 0 radical (unpaired) electrons. The van der Waals surface area contributed by atoms with E-state index in [4.69, 9.17) is 4.74 Å². The van der Waals surface area contributed by atoms with E-state index in [2.05, 4.69) is 15.9 Å². The van der Waals surface area contributed by atoms with Crippen molar-refractivity contribution in [1.82, 2.24) is 0 Å². The molecular formula is C11H9BrO2. The van der Waals surface area contributed by atoms with Crippen molar-refractivity contribution < 1.29 is 9.53 Å². The van der Waals surface area contributed by atoms with Crippen molar-refractivity contribution in [1.29, 1.82) is 0 Å². The standard InChI is InChI=1S/C11H9BrO2/c12-10-6-7-14-11(10,8-13)9-4-2-1-3-5-9/h1-8,10H. The van der Waals surface area contributed by atoms with Crippen LogP contribution in [-0.4, -0.2) is 11.1 Å². The molecule has 0 spiro atoms. The van der Waals surface area contributed by atoms with Gasteiger partial charge in [0.15, 0.2) is 6.29 Å². The fourth-order valence-corrected chi connectivity index (χ4v) is 2.12. The topological polar surface area (TPSA) is 26.3 Å². The van der Waals surface area contributed by atoms with E-state index in [9.17, 15) is 4.79 Å². The van der Waals surface area contributed by atoms with E-state index < -0.39 is 5.60 Å². The van der Waals surface area contributed by atoms with Gasteiger partial charge in [0.1, 0.15) is 0 Å². The van der Waals surface area contributed by atoms with E-state index in [0.717, 1.165) is 11.8 Å². The van der Waals surface area contributed by atoms with E-state index in [1.54, 1.807) is 6.26 Å². The van der Waals surface area contributed by atoms with Gasteiger partial charge in [-0.25, -0.2) is 0 Å². The predicted molar refractivity (Wildman–Crippen MR) is 57.1 cm³/mol. The molecule has 0 aromatic heterocycles. The number of ether oxygens (including phenoxy) is 1. The molecule has 0 fully saturated rings. The summed E-state index contributed by atoms with van der Waals surface area (Å²) in [7, 11) is 0. The third-order valence-corrected chi connectivity index (χ3v) is 3.31. The largest absolute Gasteiger partial charge is 0.481 e. The summed E-state index contributed by atoms with van der Waals surface area (Å²) < 4.78 is 5.39. The normalized spacial score (nSPS) is 29.9. The minimum atomic E-state index is -0.888. The van der Waals surface area contributed by atoms with E-state index in [0.29, 0.717) is 0 Å². The van der Waals surface area contributed by atoms with Gasteiger partial charge < -0.3 is 4.74 Å². The van der Waals surface area contributed by atoms with Crippen LogP contribution in [0.4, 0.5) is 0 Å². The molecule has 1 aliphatic rings. The zero-order chi connectivity index (χ0) is 10.0. The molecule has 3 heteroatoms. The van der Waals surface area contributed by atoms with Gasteiger partial charge in [-0.3, -0.25) is 4.79 Å². The number of benzene rings is 1. The van der Waals surface area contributed by atoms with E-state index in [-0.39, 0.29) is 4.83 Å². The number of carbonyl (C=O) groups is 1. The second kappa shape index (κ2) is 3.58. The fraction of sp³-hybridized carbons (Fsp3) is 0.182. The highest BCUT2D eigenvalue weighted by Gasteiger charge is 2.42. The van der Waals surface area contributed by atoms with Gasteiger partial charge >= 0.3 is 0 Å². The average Bonchev–Trinajstić information content (AvgIpc) is 2.62. The Balaban J connectivity index is 2.44. The first-order chi connectivity index (χ1) is 6.79. The number of carbonyl (C=O) groups excluding carboxylic acids is 1. The van der Waals surface area contributed by atoms with Crippen molar-refractivity contribution >= 4 is 22.2 Å². The predicted octanol–water partition coefficient (Wildman–Crippen LogP) is 2.39. The molecule has 1 aromatic rings. The fourth-order valence-electron chi connectivity index (χ4n) is 1.52. The Kier molecular flexibility index (Phi) is 2.42. The Hall–Kier alpha value is -1.09. The maximum Gasteiger partial charge on any atom is 0.204 e. The summed E-state index contributed by atoms with van der Waals surface area (Å²) in [5.41, 5.74) is -0.0248. The summed E-state index contributed by atoms with van der Waals surface area (Å²) >= 11 is 3.42. The van der Waals surface area contributed by atoms with Crippen LogP contribution in [0, 0.1) is 0 Å². The molecule has 2 atom stereocenters. The number of rotatable bonds is 2. The molecule has 72 valence electrons. The van der Waals surface area contributed by atoms with Crippen LogP contribution in [0.15, 0.2) is 42.7 Å². The van der Waals surface area contributed by atoms with Gasteiger partial charge in [0.25, 0.3) is 0 Å². The van der Waals surface area contributed by atoms with Crippen LogP contribution in [0.3, 0.4) is 0 Å². The lowest BCUT2D eigenvalue weighted by molar-refractivity contribution is -0.123. The first kappa shape index (κ1) is 9.46. The van der Waals surface area contributed by atoms with Gasteiger partial charge in [-0.2, -0.15) is 0 Å². The van der Waals surface area contributed by atoms with Crippen molar-refractivity contribution in [2.45, 2.75) is 10.4 Å². The van der Waals surface area contributed by atoms with Crippen molar-refractivity contribution in [3.63, 3.8) is 0 Å². The average molecular weight is 253 g/mol. The van der Waals surface area contributed by atoms with Gasteiger partial charge in [0.05, 0.1) is 11.1 Å². The number of aldehydes is 1. The van der Waals surface area contributed by atoms with Crippen LogP contribution in [0.1, 0.15) is 5.56 Å². The third-order valence-electron chi connectivity index (χ3n) is 2.32. The van der Waals surface area contributed by atoms with Gasteiger partial charge in [-0.15, -0.1) is 0 Å². The molecule has 2 rings (SSSR count). The van der Waals surface area contributed by atoms with Gasteiger partial charge in [0.2, 0.25) is 5.60 Å². The lowest BCUT2D eigenvalue weighted by atomic mass is 9.93. The minimum absolute atomic E-state index is 0.102. The van der Waals surface area contributed by atoms with Crippen molar-refractivity contribution in [2.24, 2.45) is 0 Å². The molecule has 1 heterocycles. The summed E-state index contributed by atoms with van der Waals surface area (Å²) in [5.74, 6) is 0. The Morgan fingerprint density at radius 2 is 2.07 bits per heavy atom. The van der Waals surface area contributed by atoms with Gasteiger partial charge in [0, 0.05) is 5.56 Å². The summed E-state index contributed by atoms with van der Waals surface area (Å²) in [4.78, 5) is 11.0. The molecule has 0 saturated heterocycles. The molecular weight excluding hydrogens is 244 g/mol. The van der Waals surface area contributed by atoms with E-state index >= 15 is 0 Å². The van der Waals surface area contributed by atoms with Crippen LogP contribution in [-0.2, 0) is 15.1 Å². The second-order valence-corrected chi connectivity index (χ2v) is 4.11. The van der Waals surface area contributed by atoms with Crippen molar-refractivity contribution in [3.8, 4) is 0 Å². The molecule has 0 N–H and O–H groups in total. The highest BCUT2D eigenvalue weighted by Crippen LogP contribution is 2.37. The molecule has 0 aliphatic carbocycles. The quantitative estimate of drug-likeness (QED) is 0.597. The molecule has 0 amide bonds. The maximum absolute atomic E-state index is 11.1. The molecule has 2 nitrogen and oxygen atoms in total. The van der Waals surface area contributed by atoms with Crippen molar-refractivity contribution in [2.75, 3.05) is 0 Å². The lowest BCUT2D eigenvalue weighted by Gasteiger charge is -2.26. The molecule has 1 aromatic carbocycles. The Labute approximate surface area is 90.7 Å². The first-order valence-corrected chi connectivity index (χ1v) is 5.21. The van der Waals surface area contributed by atoms with Crippen LogP contribution in [0.5, 0.6) is 0 Å². The number of alkyl halides is 1. The van der Waals surface area contributed by atoms with Crippen LogP contribution in [0.25, 0.3) is 0 Å². The Morgan fingerprint density at radius 1 is 1.36 bits per heavy atom. The number of hydrogen-bond donors (Lipinski definition) is 0. The second-order valence-electron chi connectivity index (χ2n) is 3.13. The highest BCUT2D eigenvalue weighted by molar-refractivity contribution is 9.09. The Morgan fingerprint density at radius 3 is 2.57 bits per heavy atom. The minimum Gasteiger partial charge on any atom is -0.481 e. The summed E-state index contributed by atoms with van der Waals surface area (Å²) in [6, 6.07) is 9.46. The maximum atomic E-state index is 11.1. The molecule has 0 saturated carbocycles. The van der Waals surface area contributed by atoms with Crippen LogP contribution < -0.4 is 0 Å². The summed E-state index contributed by atoms with van der Waals surface area (Å²) in [6.07, 6.45) is 4.21. The van der Waals surface area contributed by atoms with Gasteiger partial charge in [-0.05, 0) is 6.08 Å². The zero-order valence-corrected chi connectivity index (χ0v) is 8.98. The van der Waals surface area contributed by atoms with E-state index in [1.165, 1.54) is 0 Å². The van der Waals surface area contributed by atoms with Crippen LogP contribution in [0.2, 0.25) is 0 Å². The summed E-state index contributed by atoms with van der Waals surface area (Å²) in [5, 5.41) is 0. The van der Waals surface area contributed by atoms with E-state index in [1.807, 2.05) is 36.4 Å². The highest BCUT2D eigenvalue weighted by atomic mass is 79.9. The monoisotopic (exact) mass is 252 g/mol. The van der Waals surface area contributed by atoms with Gasteiger partial charge in [-0.1, -0.05) is 46.3 Å². The summed E-state index contributed by atoms with van der Waals surface area (Å²) in [6.45, 7) is 0. The number of halogens is 1. The smallest absolute Gasteiger partial charge is 0.204 e. The number of hydrogen-bond acceptors (Lipinski definition) is 2. The third kappa shape index (κ3) is 1.28. The Bertz CT molecular complexity index is 361. The molecule has 2 unspecified atom stereocenters. The molecule has 14 heavy (non-hydrogen) atoms. The molecule has 1 aliphatic heterocycles. The first-order valence-electron chi connectivity index (χ1n) is 4.30. The zero-order valence-electron chi connectivity index (χ0n) is 7.39. The SMILES string of the molecule is O=CC1(c2ccccc2)OC=CC1Br. The van der Waals surface area contributed by atoms with Crippen molar-refractivity contribution in [3.05, 3.63) is 48.2 Å². The lowest BCUT2D eigenvalue weighted by Crippen LogP contribution is -2.35.